The second kappa shape index (κ2) is 7.33. The summed E-state index contributed by atoms with van der Waals surface area (Å²) >= 11 is 11.8. The van der Waals surface area contributed by atoms with Gasteiger partial charge in [0.15, 0.2) is 0 Å². The minimum atomic E-state index is -0.981. The molecule has 0 atom stereocenters. The van der Waals surface area contributed by atoms with E-state index >= 15 is 0 Å². The van der Waals surface area contributed by atoms with E-state index in [1.54, 1.807) is 25.1 Å². The topological polar surface area (TPSA) is 69.6 Å². The summed E-state index contributed by atoms with van der Waals surface area (Å²) in [5.41, 5.74) is 0.335. The van der Waals surface area contributed by atoms with Crippen molar-refractivity contribution in [1.29, 1.82) is 0 Å². The van der Waals surface area contributed by atoms with E-state index in [0.717, 1.165) is 0 Å². The number of carboxylic acids is 1. The average molecular weight is 305 g/mol. The van der Waals surface area contributed by atoms with E-state index in [0.29, 0.717) is 22.3 Å². The molecule has 1 amide bonds. The van der Waals surface area contributed by atoms with Crippen molar-refractivity contribution in [1.82, 2.24) is 4.90 Å². The largest absolute Gasteiger partial charge is 0.480 e. The highest BCUT2D eigenvalue weighted by Crippen LogP contribution is 2.29. The third-order valence-corrected chi connectivity index (χ3v) is 3.03. The standard InChI is InChI=1S/C12H14Cl2N2O3/c1-2-16(7-11(18)19)6-10(17)15-12-8(13)4-3-5-9(12)14/h3-5H,2,6-7H2,1H3,(H,15,17)(H,18,19). The smallest absolute Gasteiger partial charge is 0.317 e. The number of hydrogen-bond acceptors (Lipinski definition) is 3. The average Bonchev–Trinajstić information content (AvgIpc) is 2.32. The van der Waals surface area contributed by atoms with E-state index in [1.165, 1.54) is 4.90 Å². The zero-order valence-corrected chi connectivity index (χ0v) is 11.8. The van der Waals surface area contributed by atoms with Crippen molar-refractivity contribution in [2.75, 3.05) is 25.0 Å². The lowest BCUT2D eigenvalue weighted by Crippen LogP contribution is -2.36. The van der Waals surface area contributed by atoms with Gasteiger partial charge in [0.05, 0.1) is 28.8 Å². The van der Waals surface area contributed by atoms with Gasteiger partial charge in [0.25, 0.3) is 0 Å². The van der Waals surface area contributed by atoms with Gasteiger partial charge in [-0.1, -0.05) is 36.2 Å². The maximum Gasteiger partial charge on any atom is 0.317 e. The van der Waals surface area contributed by atoms with Crippen molar-refractivity contribution in [3.8, 4) is 0 Å². The molecule has 0 aliphatic heterocycles. The van der Waals surface area contributed by atoms with Crippen LogP contribution < -0.4 is 5.32 Å². The van der Waals surface area contributed by atoms with Gasteiger partial charge in [-0.2, -0.15) is 0 Å². The fraction of sp³-hybridized carbons (Fsp3) is 0.333. The number of anilines is 1. The molecule has 0 aromatic heterocycles. The lowest BCUT2D eigenvalue weighted by Gasteiger charge is -2.17. The molecule has 0 unspecified atom stereocenters. The van der Waals surface area contributed by atoms with Crippen LogP contribution in [0.25, 0.3) is 0 Å². The second-order valence-corrected chi connectivity index (χ2v) is 4.66. The van der Waals surface area contributed by atoms with Gasteiger partial charge in [-0.05, 0) is 18.7 Å². The van der Waals surface area contributed by atoms with Crippen molar-refractivity contribution in [3.05, 3.63) is 28.2 Å². The van der Waals surface area contributed by atoms with Gasteiger partial charge in [-0.3, -0.25) is 14.5 Å². The van der Waals surface area contributed by atoms with Crippen LogP contribution in [0.3, 0.4) is 0 Å². The van der Waals surface area contributed by atoms with Gasteiger partial charge >= 0.3 is 5.97 Å². The summed E-state index contributed by atoms with van der Waals surface area (Å²) in [6.07, 6.45) is 0. The summed E-state index contributed by atoms with van der Waals surface area (Å²) in [6, 6.07) is 4.89. The van der Waals surface area contributed by atoms with E-state index in [-0.39, 0.29) is 19.0 Å². The Morgan fingerprint density at radius 3 is 2.32 bits per heavy atom. The number of rotatable bonds is 6. The lowest BCUT2D eigenvalue weighted by molar-refractivity contribution is -0.138. The van der Waals surface area contributed by atoms with Crippen molar-refractivity contribution in [2.45, 2.75) is 6.92 Å². The quantitative estimate of drug-likeness (QED) is 0.846. The Bertz CT molecular complexity index is 460. The van der Waals surface area contributed by atoms with E-state index in [9.17, 15) is 9.59 Å². The number of halogens is 2. The maximum absolute atomic E-state index is 11.8. The van der Waals surface area contributed by atoms with Crippen LogP contribution in [-0.4, -0.2) is 41.5 Å². The molecular weight excluding hydrogens is 291 g/mol. The summed E-state index contributed by atoms with van der Waals surface area (Å²) in [6.45, 7) is 2.00. The molecule has 0 heterocycles. The Morgan fingerprint density at radius 1 is 1.26 bits per heavy atom. The third-order valence-electron chi connectivity index (χ3n) is 2.40. The zero-order valence-electron chi connectivity index (χ0n) is 10.3. The minimum absolute atomic E-state index is 0.0373. The predicted molar refractivity (Wildman–Crippen MR) is 74.8 cm³/mol. The van der Waals surface area contributed by atoms with E-state index in [4.69, 9.17) is 28.3 Å². The Kier molecular flexibility index (Phi) is 6.08. The van der Waals surface area contributed by atoms with Crippen LogP contribution in [0.5, 0.6) is 0 Å². The highest BCUT2D eigenvalue weighted by atomic mass is 35.5. The number of carbonyl (C=O) groups is 2. The Morgan fingerprint density at radius 2 is 1.84 bits per heavy atom. The van der Waals surface area contributed by atoms with E-state index in [2.05, 4.69) is 5.32 Å². The first-order valence-corrected chi connectivity index (χ1v) is 6.37. The molecule has 1 aromatic carbocycles. The Balaban J connectivity index is 2.67. The number of benzene rings is 1. The molecule has 1 rings (SSSR count). The normalized spacial score (nSPS) is 10.5. The highest BCUT2D eigenvalue weighted by Gasteiger charge is 2.14. The van der Waals surface area contributed by atoms with Crippen LogP contribution in [0.1, 0.15) is 6.92 Å². The Labute approximate surface area is 121 Å². The van der Waals surface area contributed by atoms with Gasteiger partial charge in [0, 0.05) is 0 Å². The van der Waals surface area contributed by atoms with Gasteiger partial charge in [0.1, 0.15) is 0 Å². The predicted octanol–water partition coefficient (Wildman–Crippen LogP) is 2.34. The maximum atomic E-state index is 11.8. The van der Waals surface area contributed by atoms with Crippen LogP contribution in [0.2, 0.25) is 10.0 Å². The number of carbonyl (C=O) groups excluding carboxylic acids is 1. The summed E-state index contributed by atoms with van der Waals surface area (Å²) in [5.74, 6) is -1.34. The van der Waals surface area contributed by atoms with Gasteiger partial charge in [-0.15, -0.1) is 0 Å². The Hall–Kier alpha value is -1.30. The molecule has 0 fully saturated rings. The van der Waals surface area contributed by atoms with Crippen molar-refractivity contribution < 1.29 is 14.7 Å². The van der Waals surface area contributed by atoms with Crippen LogP contribution in [0.15, 0.2) is 18.2 Å². The molecule has 19 heavy (non-hydrogen) atoms. The van der Waals surface area contributed by atoms with E-state index < -0.39 is 5.97 Å². The molecular formula is C12H14Cl2N2O3. The van der Waals surface area contributed by atoms with Crippen LogP contribution in [-0.2, 0) is 9.59 Å². The van der Waals surface area contributed by atoms with Crippen molar-refractivity contribution in [3.63, 3.8) is 0 Å². The number of hydrogen-bond donors (Lipinski definition) is 2. The summed E-state index contributed by atoms with van der Waals surface area (Å²) in [4.78, 5) is 23.9. The van der Waals surface area contributed by atoms with Gasteiger partial charge < -0.3 is 10.4 Å². The summed E-state index contributed by atoms with van der Waals surface area (Å²) in [5, 5.41) is 11.9. The molecule has 0 bridgehead atoms. The highest BCUT2D eigenvalue weighted by molar-refractivity contribution is 6.39. The second-order valence-electron chi connectivity index (χ2n) is 3.84. The monoisotopic (exact) mass is 304 g/mol. The third kappa shape index (κ3) is 5.06. The number of nitrogens with zero attached hydrogens (tertiary/aromatic N) is 1. The molecule has 0 saturated carbocycles. The fourth-order valence-electron chi connectivity index (χ4n) is 1.47. The molecule has 7 heteroatoms. The van der Waals surface area contributed by atoms with Crippen LogP contribution >= 0.6 is 23.2 Å². The fourth-order valence-corrected chi connectivity index (χ4v) is 1.96. The van der Waals surface area contributed by atoms with Gasteiger partial charge in [0.2, 0.25) is 5.91 Å². The number of amides is 1. The number of para-hydroxylation sites is 1. The van der Waals surface area contributed by atoms with Crippen molar-refractivity contribution in [2.24, 2.45) is 0 Å². The molecule has 0 radical (unpaired) electrons. The number of nitrogens with one attached hydrogen (secondary N) is 1. The molecule has 0 aliphatic carbocycles. The molecule has 1 aromatic rings. The molecule has 104 valence electrons. The minimum Gasteiger partial charge on any atom is -0.480 e. The molecule has 0 saturated heterocycles. The molecule has 5 nitrogen and oxygen atoms in total. The lowest BCUT2D eigenvalue weighted by atomic mass is 10.3. The van der Waals surface area contributed by atoms with Crippen LogP contribution in [0.4, 0.5) is 5.69 Å². The number of carboxylic acid groups (broad SMARTS) is 1. The summed E-state index contributed by atoms with van der Waals surface area (Å²) in [7, 11) is 0. The van der Waals surface area contributed by atoms with Crippen molar-refractivity contribution >= 4 is 40.8 Å². The number of likely N-dealkylation sites (N-methyl/N-ethyl adjacent to an activating group) is 1. The number of aliphatic carboxylic acids is 1. The zero-order chi connectivity index (χ0) is 14.4. The molecule has 2 N–H and O–H groups in total. The SMILES string of the molecule is CCN(CC(=O)O)CC(=O)Nc1c(Cl)cccc1Cl. The first-order chi connectivity index (χ1) is 8.93. The van der Waals surface area contributed by atoms with Crippen LogP contribution in [0, 0.1) is 0 Å². The molecule has 0 aliphatic rings. The van der Waals surface area contributed by atoms with Gasteiger partial charge in [-0.25, -0.2) is 0 Å². The first kappa shape index (κ1) is 15.8. The first-order valence-electron chi connectivity index (χ1n) is 5.62. The molecule has 0 spiro atoms. The summed E-state index contributed by atoms with van der Waals surface area (Å²) < 4.78 is 0. The van der Waals surface area contributed by atoms with E-state index in [1.807, 2.05) is 0 Å².